The summed E-state index contributed by atoms with van der Waals surface area (Å²) in [6.45, 7) is 8.58. The minimum atomic E-state index is -0.577. The number of benzene rings is 2. The Hall–Kier alpha value is -2.05. The number of aryl methyl sites for hydroxylation is 2. The van der Waals surface area contributed by atoms with Gasteiger partial charge >= 0.3 is 0 Å². The Morgan fingerprint density at radius 3 is 2.29 bits per heavy atom. The van der Waals surface area contributed by atoms with Crippen molar-refractivity contribution in [2.24, 2.45) is 0 Å². The molecule has 0 aromatic heterocycles. The van der Waals surface area contributed by atoms with Crippen LogP contribution in [0.4, 0.5) is 0 Å². The van der Waals surface area contributed by atoms with Crippen molar-refractivity contribution in [3.05, 3.63) is 62.6 Å². The van der Waals surface area contributed by atoms with Crippen LogP contribution in [0, 0.1) is 13.8 Å². The smallest absolute Gasteiger partial charge is 0.261 e. The quantitative estimate of drug-likeness (QED) is 0.464. The highest BCUT2D eigenvalue weighted by Crippen LogP contribution is 2.26. The highest BCUT2D eigenvalue weighted by molar-refractivity contribution is 9.10. The lowest BCUT2D eigenvalue weighted by Gasteiger charge is -2.30. The van der Waals surface area contributed by atoms with Gasteiger partial charge < -0.3 is 15.0 Å². The SMILES string of the molecule is CCCNC(=O)C(CC)N(Cc1ccc(Cl)cc1)C(=O)COc1cc(C)c(Br)c(C)c1. The lowest BCUT2D eigenvalue weighted by Crippen LogP contribution is -2.50. The summed E-state index contributed by atoms with van der Waals surface area (Å²) in [6, 6.07) is 10.5. The molecular weight excluding hydrogens is 480 g/mol. The predicted octanol–water partition coefficient (Wildman–Crippen LogP) is 5.43. The van der Waals surface area contributed by atoms with Gasteiger partial charge in [-0.2, -0.15) is 0 Å². The monoisotopic (exact) mass is 508 g/mol. The molecule has 0 aliphatic carbocycles. The van der Waals surface area contributed by atoms with Gasteiger partial charge in [0.1, 0.15) is 11.8 Å². The second-order valence-corrected chi connectivity index (χ2v) is 8.75. The summed E-state index contributed by atoms with van der Waals surface area (Å²) in [5, 5.41) is 3.53. The third kappa shape index (κ3) is 7.25. The fourth-order valence-electron chi connectivity index (χ4n) is 3.29. The van der Waals surface area contributed by atoms with E-state index in [1.807, 2.05) is 52.0 Å². The summed E-state index contributed by atoms with van der Waals surface area (Å²) in [7, 11) is 0. The number of halogens is 2. The molecule has 0 bridgehead atoms. The molecule has 1 atom stereocenters. The predicted molar refractivity (Wildman–Crippen MR) is 128 cm³/mol. The number of rotatable bonds is 10. The summed E-state index contributed by atoms with van der Waals surface area (Å²) in [6.07, 6.45) is 1.34. The van der Waals surface area contributed by atoms with E-state index >= 15 is 0 Å². The number of hydrogen-bond donors (Lipinski definition) is 1. The van der Waals surface area contributed by atoms with Gasteiger partial charge in [0.05, 0.1) is 0 Å². The lowest BCUT2D eigenvalue weighted by molar-refractivity contribution is -0.143. The Kier molecular flexibility index (Phi) is 9.85. The maximum absolute atomic E-state index is 13.2. The van der Waals surface area contributed by atoms with Crippen molar-refractivity contribution in [1.82, 2.24) is 10.2 Å². The largest absolute Gasteiger partial charge is 0.484 e. The zero-order valence-corrected chi connectivity index (χ0v) is 20.8. The van der Waals surface area contributed by atoms with E-state index in [9.17, 15) is 9.59 Å². The summed E-state index contributed by atoms with van der Waals surface area (Å²) < 4.78 is 6.84. The van der Waals surface area contributed by atoms with Crippen LogP contribution < -0.4 is 10.1 Å². The summed E-state index contributed by atoms with van der Waals surface area (Å²) >= 11 is 9.53. The highest BCUT2D eigenvalue weighted by atomic mass is 79.9. The molecule has 0 heterocycles. The first-order valence-electron chi connectivity index (χ1n) is 10.5. The van der Waals surface area contributed by atoms with Crippen LogP contribution in [0.1, 0.15) is 43.4 Å². The molecule has 1 unspecified atom stereocenters. The molecule has 0 saturated heterocycles. The van der Waals surface area contributed by atoms with Gasteiger partial charge in [-0.1, -0.05) is 53.5 Å². The molecule has 0 aliphatic heterocycles. The van der Waals surface area contributed by atoms with E-state index in [1.54, 1.807) is 17.0 Å². The Balaban J connectivity index is 2.21. The van der Waals surface area contributed by atoms with Crippen LogP contribution in [-0.2, 0) is 16.1 Å². The molecular formula is C24H30BrClN2O3. The fraction of sp³-hybridized carbons (Fsp3) is 0.417. The van der Waals surface area contributed by atoms with Gasteiger partial charge in [0.25, 0.3) is 5.91 Å². The maximum atomic E-state index is 13.2. The first kappa shape index (κ1) is 25.2. The summed E-state index contributed by atoms with van der Waals surface area (Å²) in [5.74, 6) is 0.232. The van der Waals surface area contributed by atoms with Gasteiger partial charge in [-0.05, 0) is 67.6 Å². The van der Waals surface area contributed by atoms with Crippen molar-refractivity contribution in [3.63, 3.8) is 0 Å². The normalized spacial score (nSPS) is 11.7. The molecule has 2 rings (SSSR count). The molecule has 5 nitrogen and oxygen atoms in total. The molecule has 0 aliphatic rings. The topological polar surface area (TPSA) is 58.6 Å². The van der Waals surface area contributed by atoms with E-state index in [2.05, 4.69) is 21.2 Å². The number of ether oxygens (including phenoxy) is 1. The van der Waals surface area contributed by atoms with E-state index in [4.69, 9.17) is 16.3 Å². The van der Waals surface area contributed by atoms with Gasteiger partial charge in [0.2, 0.25) is 5.91 Å². The number of amides is 2. The number of hydrogen-bond acceptors (Lipinski definition) is 3. The van der Waals surface area contributed by atoms with Gasteiger partial charge in [-0.15, -0.1) is 0 Å². The molecule has 168 valence electrons. The lowest BCUT2D eigenvalue weighted by atomic mass is 10.1. The Labute approximate surface area is 198 Å². The van der Waals surface area contributed by atoms with E-state index in [0.29, 0.717) is 30.3 Å². The summed E-state index contributed by atoms with van der Waals surface area (Å²) in [5.41, 5.74) is 2.96. The minimum absolute atomic E-state index is 0.147. The fourth-order valence-corrected chi connectivity index (χ4v) is 3.64. The van der Waals surface area contributed by atoms with Gasteiger partial charge in [0, 0.05) is 22.6 Å². The van der Waals surface area contributed by atoms with Crippen molar-refractivity contribution in [1.29, 1.82) is 0 Å². The van der Waals surface area contributed by atoms with Crippen LogP contribution in [-0.4, -0.2) is 35.9 Å². The second kappa shape index (κ2) is 12.1. The van der Waals surface area contributed by atoms with Crippen LogP contribution in [0.2, 0.25) is 5.02 Å². The Morgan fingerprint density at radius 1 is 1.13 bits per heavy atom. The van der Waals surface area contributed by atoms with Crippen LogP contribution in [0.3, 0.4) is 0 Å². The number of nitrogens with one attached hydrogen (secondary N) is 1. The number of nitrogens with zero attached hydrogens (tertiary/aromatic N) is 1. The first-order chi connectivity index (χ1) is 14.8. The molecule has 1 N–H and O–H groups in total. The summed E-state index contributed by atoms with van der Waals surface area (Å²) in [4.78, 5) is 27.5. The Morgan fingerprint density at radius 2 is 1.74 bits per heavy atom. The van der Waals surface area contributed by atoms with Gasteiger partial charge in [-0.25, -0.2) is 0 Å². The minimum Gasteiger partial charge on any atom is -0.484 e. The van der Waals surface area contributed by atoms with Crippen LogP contribution in [0.25, 0.3) is 0 Å². The van der Waals surface area contributed by atoms with Gasteiger partial charge in [-0.3, -0.25) is 9.59 Å². The molecule has 2 amide bonds. The van der Waals surface area contributed by atoms with Gasteiger partial charge in [0.15, 0.2) is 6.61 Å². The van der Waals surface area contributed by atoms with Crippen molar-refractivity contribution < 1.29 is 14.3 Å². The van der Waals surface area contributed by atoms with Crippen LogP contribution >= 0.6 is 27.5 Å². The molecule has 0 radical (unpaired) electrons. The third-order valence-electron chi connectivity index (χ3n) is 4.97. The van der Waals surface area contributed by atoms with E-state index in [-0.39, 0.29) is 18.4 Å². The molecule has 2 aromatic rings. The molecule has 0 fully saturated rings. The number of carbonyl (C=O) groups excluding carboxylic acids is 2. The molecule has 7 heteroatoms. The average molecular weight is 510 g/mol. The van der Waals surface area contributed by atoms with Crippen molar-refractivity contribution >= 4 is 39.3 Å². The molecule has 2 aromatic carbocycles. The highest BCUT2D eigenvalue weighted by Gasteiger charge is 2.28. The maximum Gasteiger partial charge on any atom is 0.261 e. The zero-order chi connectivity index (χ0) is 23.0. The van der Waals surface area contributed by atoms with Crippen molar-refractivity contribution in [2.75, 3.05) is 13.2 Å². The standard InChI is InChI=1S/C24H30BrClN2O3/c1-5-11-27-24(30)21(6-2)28(14-18-7-9-19(26)10-8-18)22(29)15-31-20-12-16(3)23(25)17(4)13-20/h7-10,12-13,21H,5-6,11,14-15H2,1-4H3,(H,27,30). The van der Waals surface area contributed by atoms with E-state index < -0.39 is 6.04 Å². The zero-order valence-electron chi connectivity index (χ0n) is 18.5. The van der Waals surface area contributed by atoms with Crippen LogP contribution in [0.15, 0.2) is 40.9 Å². The first-order valence-corrected chi connectivity index (χ1v) is 11.6. The third-order valence-corrected chi connectivity index (χ3v) is 6.48. The molecule has 0 saturated carbocycles. The Bertz CT molecular complexity index is 879. The molecule has 0 spiro atoms. The molecule has 31 heavy (non-hydrogen) atoms. The average Bonchev–Trinajstić information content (AvgIpc) is 2.75. The van der Waals surface area contributed by atoms with E-state index in [1.165, 1.54) is 0 Å². The van der Waals surface area contributed by atoms with Crippen LogP contribution in [0.5, 0.6) is 5.75 Å². The van der Waals surface area contributed by atoms with Crippen molar-refractivity contribution in [2.45, 2.75) is 53.1 Å². The second-order valence-electron chi connectivity index (χ2n) is 7.52. The number of carbonyl (C=O) groups is 2. The van der Waals surface area contributed by atoms with Crippen molar-refractivity contribution in [3.8, 4) is 5.75 Å². The van der Waals surface area contributed by atoms with E-state index in [0.717, 1.165) is 27.6 Å².